The van der Waals surface area contributed by atoms with Gasteiger partial charge in [0, 0.05) is 46.1 Å². The second kappa shape index (κ2) is 5.57. The maximum absolute atomic E-state index is 12.5. The lowest BCUT2D eigenvalue weighted by molar-refractivity contribution is 0.102. The number of hydrogen-bond acceptors (Lipinski definition) is 1. The number of carbonyl (C=O) groups is 1. The molecule has 0 aliphatic heterocycles. The molecule has 0 unspecified atom stereocenters. The highest BCUT2D eigenvalue weighted by atomic mass is 16.1. The molecule has 120 valence electrons. The first-order chi connectivity index (χ1) is 11.6. The van der Waals surface area contributed by atoms with Crippen molar-refractivity contribution in [3.8, 4) is 0 Å². The third-order valence-electron chi connectivity index (χ3n) is 4.35. The van der Waals surface area contributed by atoms with Gasteiger partial charge in [-0.3, -0.25) is 4.79 Å². The molecule has 0 atom stereocenters. The number of fused-ring (bicyclic) bond motifs is 2. The van der Waals surface area contributed by atoms with Crippen LogP contribution in [0.4, 0.5) is 5.69 Å². The van der Waals surface area contributed by atoms with Crippen molar-refractivity contribution < 1.29 is 4.79 Å². The average Bonchev–Trinajstić information content (AvgIpc) is 3.20. The van der Waals surface area contributed by atoms with Crippen LogP contribution in [0.15, 0.2) is 60.9 Å². The number of hydrogen-bond donors (Lipinski definition) is 2. The summed E-state index contributed by atoms with van der Waals surface area (Å²) in [6.07, 6.45) is 3.96. The first kappa shape index (κ1) is 14.6. The van der Waals surface area contributed by atoms with E-state index >= 15 is 0 Å². The van der Waals surface area contributed by atoms with Crippen LogP contribution in [0.3, 0.4) is 0 Å². The highest BCUT2D eigenvalue weighted by Gasteiger charge is 2.10. The van der Waals surface area contributed by atoms with Gasteiger partial charge in [0.1, 0.15) is 0 Å². The number of nitrogens with zero attached hydrogens (tertiary/aromatic N) is 1. The van der Waals surface area contributed by atoms with Crippen molar-refractivity contribution in [2.75, 3.05) is 5.32 Å². The fourth-order valence-electron chi connectivity index (χ4n) is 3.08. The number of aromatic amines is 1. The number of benzene rings is 2. The predicted molar refractivity (Wildman–Crippen MR) is 98.6 cm³/mol. The van der Waals surface area contributed by atoms with Gasteiger partial charge in [-0.25, -0.2) is 0 Å². The summed E-state index contributed by atoms with van der Waals surface area (Å²) in [6, 6.07) is 16.1. The standard InChI is InChI=1S/C20H19N3O/c1-13(2)23-10-8-15-11-16(4-6-19(15)23)20(24)22-17-5-3-14-7-9-21-18(14)12-17/h3-13,21H,1-2H3,(H,22,24). The zero-order valence-corrected chi connectivity index (χ0v) is 13.7. The molecule has 0 spiro atoms. The van der Waals surface area contributed by atoms with E-state index in [2.05, 4.69) is 41.0 Å². The highest BCUT2D eigenvalue weighted by molar-refractivity contribution is 6.07. The molecule has 0 aliphatic rings. The fraction of sp³-hybridized carbons (Fsp3) is 0.150. The number of amides is 1. The lowest BCUT2D eigenvalue weighted by Crippen LogP contribution is -2.11. The molecule has 0 fully saturated rings. The zero-order chi connectivity index (χ0) is 16.7. The largest absolute Gasteiger partial charge is 0.361 e. The number of anilines is 1. The molecular weight excluding hydrogens is 298 g/mol. The van der Waals surface area contributed by atoms with E-state index in [4.69, 9.17) is 0 Å². The van der Waals surface area contributed by atoms with Crippen molar-refractivity contribution in [2.45, 2.75) is 19.9 Å². The lowest BCUT2D eigenvalue weighted by atomic mass is 10.1. The molecule has 0 saturated heterocycles. The third-order valence-corrected chi connectivity index (χ3v) is 4.35. The monoisotopic (exact) mass is 317 g/mol. The Balaban J connectivity index is 1.62. The Bertz CT molecular complexity index is 1040. The highest BCUT2D eigenvalue weighted by Crippen LogP contribution is 2.22. The van der Waals surface area contributed by atoms with Crippen LogP contribution in [0.5, 0.6) is 0 Å². The van der Waals surface area contributed by atoms with Gasteiger partial charge >= 0.3 is 0 Å². The number of rotatable bonds is 3. The Labute approximate surface area is 140 Å². The van der Waals surface area contributed by atoms with E-state index in [1.807, 2.05) is 48.7 Å². The molecule has 4 aromatic rings. The van der Waals surface area contributed by atoms with Crippen LogP contribution >= 0.6 is 0 Å². The van der Waals surface area contributed by atoms with E-state index in [0.717, 1.165) is 27.5 Å². The maximum Gasteiger partial charge on any atom is 0.255 e. The van der Waals surface area contributed by atoms with E-state index < -0.39 is 0 Å². The molecule has 1 amide bonds. The number of H-pyrrole nitrogens is 1. The van der Waals surface area contributed by atoms with Crippen LogP contribution in [0.1, 0.15) is 30.2 Å². The summed E-state index contributed by atoms with van der Waals surface area (Å²) in [5.74, 6) is -0.0971. The first-order valence-electron chi connectivity index (χ1n) is 8.11. The SMILES string of the molecule is CC(C)n1ccc2cc(C(=O)Nc3ccc4cc[nH]c4c3)ccc21. The summed E-state index contributed by atoms with van der Waals surface area (Å²) in [5.41, 5.74) is 3.61. The van der Waals surface area contributed by atoms with Crippen LogP contribution in [0, 0.1) is 0 Å². The van der Waals surface area contributed by atoms with E-state index in [0.29, 0.717) is 11.6 Å². The predicted octanol–water partition coefficient (Wildman–Crippen LogP) is 4.96. The second-order valence-corrected chi connectivity index (χ2v) is 6.32. The summed E-state index contributed by atoms with van der Waals surface area (Å²) in [4.78, 5) is 15.7. The van der Waals surface area contributed by atoms with Crippen molar-refractivity contribution in [2.24, 2.45) is 0 Å². The van der Waals surface area contributed by atoms with Gasteiger partial charge in [0.2, 0.25) is 0 Å². The average molecular weight is 317 g/mol. The molecule has 0 bridgehead atoms. The Morgan fingerprint density at radius 2 is 1.92 bits per heavy atom. The summed E-state index contributed by atoms with van der Waals surface area (Å²) in [7, 11) is 0. The molecule has 2 aromatic heterocycles. The molecular formula is C20H19N3O. The van der Waals surface area contributed by atoms with E-state index in [1.54, 1.807) is 0 Å². The molecule has 2 heterocycles. The van der Waals surface area contributed by atoms with Crippen molar-refractivity contribution in [3.63, 3.8) is 0 Å². The van der Waals surface area contributed by atoms with Gasteiger partial charge in [-0.05, 0) is 61.7 Å². The third kappa shape index (κ3) is 2.46. The van der Waals surface area contributed by atoms with Crippen molar-refractivity contribution in [3.05, 3.63) is 66.5 Å². The second-order valence-electron chi connectivity index (χ2n) is 6.32. The quantitative estimate of drug-likeness (QED) is 0.551. The Morgan fingerprint density at radius 1 is 1.04 bits per heavy atom. The normalized spacial score (nSPS) is 11.5. The van der Waals surface area contributed by atoms with Gasteiger partial charge in [-0.1, -0.05) is 6.07 Å². The van der Waals surface area contributed by atoms with E-state index in [1.165, 1.54) is 0 Å². The van der Waals surface area contributed by atoms with Crippen LogP contribution < -0.4 is 5.32 Å². The maximum atomic E-state index is 12.5. The van der Waals surface area contributed by atoms with Gasteiger partial charge in [-0.15, -0.1) is 0 Å². The van der Waals surface area contributed by atoms with E-state index in [-0.39, 0.29) is 5.91 Å². The van der Waals surface area contributed by atoms with Crippen LogP contribution in [-0.4, -0.2) is 15.5 Å². The van der Waals surface area contributed by atoms with Crippen molar-refractivity contribution >= 4 is 33.4 Å². The fourth-order valence-corrected chi connectivity index (χ4v) is 3.08. The Hall–Kier alpha value is -3.01. The summed E-state index contributed by atoms with van der Waals surface area (Å²) in [6.45, 7) is 4.30. The molecule has 4 rings (SSSR count). The summed E-state index contributed by atoms with van der Waals surface area (Å²) >= 11 is 0. The minimum atomic E-state index is -0.0971. The number of aromatic nitrogens is 2. The molecule has 24 heavy (non-hydrogen) atoms. The molecule has 4 heteroatoms. The topological polar surface area (TPSA) is 49.8 Å². The van der Waals surface area contributed by atoms with Crippen molar-refractivity contribution in [1.82, 2.24) is 9.55 Å². The number of carbonyl (C=O) groups excluding carboxylic acids is 1. The molecule has 4 nitrogen and oxygen atoms in total. The van der Waals surface area contributed by atoms with Crippen molar-refractivity contribution in [1.29, 1.82) is 0 Å². The van der Waals surface area contributed by atoms with Gasteiger partial charge in [-0.2, -0.15) is 0 Å². The van der Waals surface area contributed by atoms with Gasteiger partial charge in [0.05, 0.1) is 0 Å². The van der Waals surface area contributed by atoms with Gasteiger partial charge < -0.3 is 14.9 Å². The zero-order valence-electron chi connectivity index (χ0n) is 13.7. The Morgan fingerprint density at radius 3 is 2.75 bits per heavy atom. The Kier molecular flexibility index (Phi) is 3.38. The molecule has 0 aliphatic carbocycles. The lowest BCUT2D eigenvalue weighted by Gasteiger charge is -2.10. The van der Waals surface area contributed by atoms with Crippen LogP contribution in [0.25, 0.3) is 21.8 Å². The van der Waals surface area contributed by atoms with Crippen LogP contribution in [0.2, 0.25) is 0 Å². The first-order valence-corrected chi connectivity index (χ1v) is 8.11. The van der Waals surface area contributed by atoms with Gasteiger partial charge in [0.15, 0.2) is 0 Å². The van der Waals surface area contributed by atoms with Gasteiger partial charge in [0.25, 0.3) is 5.91 Å². The molecule has 0 radical (unpaired) electrons. The van der Waals surface area contributed by atoms with Crippen LogP contribution in [-0.2, 0) is 0 Å². The molecule has 2 N–H and O–H groups in total. The minimum absolute atomic E-state index is 0.0971. The number of nitrogens with one attached hydrogen (secondary N) is 2. The minimum Gasteiger partial charge on any atom is -0.361 e. The summed E-state index contributed by atoms with van der Waals surface area (Å²) in [5, 5.41) is 5.18. The smallest absolute Gasteiger partial charge is 0.255 e. The molecule has 2 aromatic carbocycles. The molecule has 0 saturated carbocycles. The van der Waals surface area contributed by atoms with E-state index in [9.17, 15) is 4.79 Å². The summed E-state index contributed by atoms with van der Waals surface area (Å²) < 4.78 is 2.20.